The number of carbonyl (C=O) groups is 3. The molecule has 0 radical (unpaired) electrons. The molecule has 0 saturated heterocycles. The molecule has 0 bridgehead atoms. The van der Waals surface area contributed by atoms with Crippen LogP contribution < -0.4 is 5.32 Å². The van der Waals surface area contributed by atoms with E-state index in [9.17, 15) is 19.5 Å². The third kappa shape index (κ3) is 5.68. The smallest absolute Gasteiger partial charge is 0.407 e. The highest BCUT2D eigenvalue weighted by molar-refractivity contribution is 5.85. The summed E-state index contributed by atoms with van der Waals surface area (Å²) in [6.45, 7) is 5.38. The number of nitrogens with one attached hydrogen (secondary N) is 1. The topological polar surface area (TPSA) is 120 Å². The van der Waals surface area contributed by atoms with Crippen molar-refractivity contribution in [1.82, 2.24) is 14.9 Å². The fraction of sp³-hybridized carbons (Fsp3) is 0.290. The van der Waals surface area contributed by atoms with E-state index in [0.29, 0.717) is 16.6 Å². The van der Waals surface area contributed by atoms with E-state index < -0.39 is 29.7 Å². The van der Waals surface area contributed by atoms with Gasteiger partial charge in [0.05, 0.1) is 11.0 Å². The Balaban J connectivity index is 1.29. The van der Waals surface area contributed by atoms with Crippen LogP contribution in [0.4, 0.5) is 4.79 Å². The van der Waals surface area contributed by atoms with Crippen LogP contribution >= 0.6 is 0 Å². The second kappa shape index (κ2) is 10.8. The Morgan fingerprint density at radius 1 is 1.00 bits per heavy atom. The maximum atomic E-state index is 12.8. The summed E-state index contributed by atoms with van der Waals surface area (Å²) in [4.78, 5) is 41.8. The molecule has 2 heterocycles. The van der Waals surface area contributed by atoms with Crippen molar-refractivity contribution in [3.05, 3.63) is 89.7 Å². The zero-order chi connectivity index (χ0) is 28.4. The number of carbonyl (C=O) groups excluding carboxylic acids is 2. The third-order valence-electron chi connectivity index (χ3n) is 6.79. The number of hydrogen-bond donors (Lipinski definition) is 2. The molecule has 9 heteroatoms. The largest absolute Gasteiger partial charge is 0.480 e. The third-order valence-corrected chi connectivity index (χ3v) is 6.79. The van der Waals surface area contributed by atoms with E-state index in [4.69, 9.17) is 9.47 Å². The summed E-state index contributed by atoms with van der Waals surface area (Å²) in [5, 5.41) is 12.4. The first-order chi connectivity index (χ1) is 19.1. The van der Waals surface area contributed by atoms with Gasteiger partial charge in [0.2, 0.25) is 0 Å². The van der Waals surface area contributed by atoms with Crippen molar-refractivity contribution in [1.29, 1.82) is 0 Å². The molecule has 4 aromatic rings. The Morgan fingerprint density at radius 3 is 2.27 bits per heavy atom. The van der Waals surface area contributed by atoms with Crippen molar-refractivity contribution < 1.29 is 29.0 Å². The number of carboxylic acid groups (broad SMARTS) is 1. The van der Waals surface area contributed by atoms with Crippen molar-refractivity contribution in [3.8, 4) is 11.1 Å². The predicted octanol–water partition coefficient (Wildman–Crippen LogP) is 4.91. The zero-order valence-corrected chi connectivity index (χ0v) is 22.6. The van der Waals surface area contributed by atoms with Gasteiger partial charge in [0.15, 0.2) is 0 Å². The molecule has 2 aromatic heterocycles. The van der Waals surface area contributed by atoms with Gasteiger partial charge in [-0.05, 0) is 60.7 Å². The van der Waals surface area contributed by atoms with Crippen LogP contribution in [0.25, 0.3) is 22.2 Å². The quantitative estimate of drug-likeness (QED) is 0.304. The monoisotopic (exact) mass is 541 g/mol. The van der Waals surface area contributed by atoms with E-state index in [0.717, 1.165) is 22.3 Å². The molecular weight excluding hydrogens is 510 g/mol. The van der Waals surface area contributed by atoms with Gasteiger partial charge in [-0.2, -0.15) is 0 Å². The van der Waals surface area contributed by atoms with Crippen molar-refractivity contribution in [2.45, 2.75) is 51.3 Å². The lowest BCUT2D eigenvalue weighted by Gasteiger charge is -2.19. The number of fused-ring (bicyclic) bond motifs is 4. The highest BCUT2D eigenvalue weighted by atomic mass is 16.6. The van der Waals surface area contributed by atoms with E-state index in [1.165, 1.54) is 0 Å². The van der Waals surface area contributed by atoms with Crippen molar-refractivity contribution in [2.75, 3.05) is 6.61 Å². The fourth-order valence-electron chi connectivity index (χ4n) is 5.19. The average Bonchev–Trinajstić information content (AvgIpc) is 3.41. The number of amides is 1. The number of ether oxygens (including phenoxy) is 2. The average molecular weight is 542 g/mol. The minimum absolute atomic E-state index is 0.0473. The molecule has 2 aromatic carbocycles. The number of esters is 1. The summed E-state index contributed by atoms with van der Waals surface area (Å²) < 4.78 is 12.7. The van der Waals surface area contributed by atoms with Crippen LogP contribution in [0.5, 0.6) is 0 Å². The first-order valence-electron chi connectivity index (χ1n) is 13.1. The van der Waals surface area contributed by atoms with Gasteiger partial charge in [-0.25, -0.2) is 9.59 Å². The Morgan fingerprint density at radius 2 is 1.65 bits per heavy atom. The Bertz CT molecular complexity index is 1540. The first-order valence-corrected chi connectivity index (χ1v) is 13.1. The highest BCUT2D eigenvalue weighted by Crippen LogP contribution is 2.44. The number of aromatic nitrogens is 2. The summed E-state index contributed by atoms with van der Waals surface area (Å²) in [5.41, 5.74) is 5.48. The lowest BCUT2D eigenvalue weighted by atomic mass is 9.98. The number of benzene rings is 2. The molecule has 1 atom stereocenters. The molecule has 206 valence electrons. The maximum absolute atomic E-state index is 12.8. The fourth-order valence-corrected chi connectivity index (χ4v) is 5.19. The van der Waals surface area contributed by atoms with E-state index in [1.54, 1.807) is 49.9 Å². The summed E-state index contributed by atoms with van der Waals surface area (Å²) in [5.74, 6) is -1.78. The molecule has 9 nitrogen and oxygen atoms in total. The number of pyridine rings is 1. The summed E-state index contributed by atoms with van der Waals surface area (Å²) in [6.07, 6.45) is 2.41. The second-order valence-corrected chi connectivity index (χ2v) is 10.8. The van der Waals surface area contributed by atoms with Crippen LogP contribution in [-0.4, -0.2) is 50.9 Å². The van der Waals surface area contributed by atoms with Gasteiger partial charge < -0.3 is 24.5 Å². The van der Waals surface area contributed by atoms with E-state index in [1.807, 2.05) is 48.5 Å². The van der Waals surface area contributed by atoms with Crippen molar-refractivity contribution in [2.24, 2.45) is 0 Å². The number of alkyl carbamates (subject to hydrolysis) is 1. The number of aliphatic carboxylic acids is 1. The molecule has 1 aliphatic carbocycles. The summed E-state index contributed by atoms with van der Waals surface area (Å²) in [7, 11) is 0. The Hall–Kier alpha value is -4.66. The SMILES string of the molecule is CC(C)(C)OC(=O)Cn1cc(CC(NC(=O)OCC2c3ccccc3-c3ccccc32)C(=O)O)c2ncccc21. The van der Waals surface area contributed by atoms with Gasteiger partial charge in [-0.3, -0.25) is 9.78 Å². The molecule has 1 unspecified atom stereocenters. The van der Waals surface area contributed by atoms with Crippen LogP contribution in [0, 0.1) is 0 Å². The van der Waals surface area contributed by atoms with E-state index in [-0.39, 0.29) is 25.5 Å². The molecular formula is C31H31N3O6. The van der Waals surface area contributed by atoms with Crippen LogP contribution in [-0.2, 0) is 32.0 Å². The molecule has 0 spiro atoms. The van der Waals surface area contributed by atoms with Gasteiger partial charge in [0, 0.05) is 24.7 Å². The van der Waals surface area contributed by atoms with Crippen LogP contribution in [0.15, 0.2) is 73.1 Å². The lowest BCUT2D eigenvalue weighted by Crippen LogP contribution is -2.42. The van der Waals surface area contributed by atoms with E-state index >= 15 is 0 Å². The number of nitrogens with zero attached hydrogens (tertiary/aromatic N) is 2. The van der Waals surface area contributed by atoms with Gasteiger partial charge in [-0.15, -0.1) is 0 Å². The molecule has 1 amide bonds. The summed E-state index contributed by atoms with van der Waals surface area (Å²) >= 11 is 0. The van der Waals surface area contributed by atoms with Gasteiger partial charge >= 0.3 is 18.0 Å². The Labute approximate surface area is 231 Å². The van der Waals surface area contributed by atoms with Crippen LogP contribution in [0.1, 0.15) is 43.4 Å². The maximum Gasteiger partial charge on any atom is 0.407 e. The minimum atomic E-state index is -1.27. The summed E-state index contributed by atoms with van der Waals surface area (Å²) in [6, 6.07) is 18.2. The van der Waals surface area contributed by atoms with Crippen LogP contribution in [0.3, 0.4) is 0 Å². The van der Waals surface area contributed by atoms with Gasteiger partial charge in [0.25, 0.3) is 0 Å². The molecule has 1 aliphatic rings. The molecule has 40 heavy (non-hydrogen) atoms. The van der Waals surface area contributed by atoms with Gasteiger partial charge in [-0.1, -0.05) is 48.5 Å². The van der Waals surface area contributed by atoms with Crippen molar-refractivity contribution >= 4 is 29.1 Å². The molecule has 0 fully saturated rings. The first kappa shape index (κ1) is 26.9. The zero-order valence-electron chi connectivity index (χ0n) is 22.6. The molecule has 0 saturated carbocycles. The second-order valence-electron chi connectivity index (χ2n) is 10.8. The minimum Gasteiger partial charge on any atom is -0.480 e. The number of carboxylic acids is 1. The highest BCUT2D eigenvalue weighted by Gasteiger charge is 2.30. The Kier molecular flexibility index (Phi) is 7.30. The molecule has 0 aliphatic heterocycles. The number of hydrogen-bond acceptors (Lipinski definition) is 6. The standard InChI is InChI=1S/C31H31N3O6/c1-31(2,3)40-27(35)17-34-16-19(28-26(34)13-8-14-32-28)15-25(29(36)37)33-30(38)39-18-24-22-11-6-4-9-20(22)21-10-5-7-12-23(21)24/h4-14,16,24-25H,15,17-18H2,1-3H3,(H,33,38)(H,36,37). The normalized spacial score (nSPS) is 13.4. The van der Waals surface area contributed by atoms with E-state index in [2.05, 4.69) is 10.3 Å². The molecule has 5 rings (SSSR count). The lowest BCUT2D eigenvalue weighted by molar-refractivity contribution is -0.155. The molecule has 2 N–H and O–H groups in total. The number of rotatable bonds is 8. The van der Waals surface area contributed by atoms with Gasteiger partial charge in [0.1, 0.15) is 24.8 Å². The van der Waals surface area contributed by atoms with Crippen LogP contribution in [0.2, 0.25) is 0 Å². The predicted molar refractivity (Wildman–Crippen MR) is 149 cm³/mol. The van der Waals surface area contributed by atoms with Crippen molar-refractivity contribution in [3.63, 3.8) is 0 Å².